The molecule has 0 spiro atoms. The molecule has 4 rings (SSSR count). The molecule has 0 radical (unpaired) electrons. The number of nitrogens with zero attached hydrogens (tertiary/aromatic N) is 2. The van der Waals surface area contributed by atoms with E-state index in [1.165, 1.54) is 11.2 Å². The van der Waals surface area contributed by atoms with E-state index in [0.29, 0.717) is 12.0 Å². The second kappa shape index (κ2) is 5.01. The Morgan fingerprint density at radius 2 is 1.71 bits per heavy atom. The zero-order valence-electron chi connectivity index (χ0n) is 11.9. The van der Waals surface area contributed by atoms with Gasteiger partial charge in [0.2, 0.25) is 0 Å². The van der Waals surface area contributed by atoms with Crippen LogP contribution in [0.1, 0.15) is 31.0 Å². The summed E-state index contributed by atoms with van der Waals surface area (Å²) in [6.45, 7) is 0. The van der Waals surface area contributed by atoms with E-state index in [4.69, 9.17) is 10.7 Å². The summed E-state index contributed by atoms with van der Waals surface area (Å²) in [7, 11) is 0. The number of para-hydroxylation sites is 3. The topological polar surface area (TPSA) is 43.8 Å². The minimum Gasteiger partial charge on any atom is -0.328 e. The highest BCUT2D eigenvalue weighted by atomic mass is 15.1. The largest absolute Gasteiger partial charge is 0.328 e. The SMILES string of the molecule is NC1CCC(c2nc3ccccc3n2-c2ccccc2)C1. The van der Waals surface area contributed by atoms with Crippen molar-refractivity contribution in [1.82, 2.24) is 9.55 Å². The number of fused-ring (bicyclic) bond motifs is 1. The molecule has 2 aromatic carbocycles. The van der Waals surface area contributed by atoms with Crippen LogP contribution >= 0.6 is 0 Å². The lowest BCUT2D eigenvalue weighted by Crippen LogP contribution is -2.15. The molecule has 2 atom stereocenters. The van der Waals surface area contributed by atoms with Crippen LogP contribution in [-0.4, -0.2) is 15.6 Å². The molecule has 1 heterocycles. The van der Waals surface area contributed by atoms with Gasteiger partial charge in [0, 0.05) is 17.6 Å². The minimum absolute atomic E-state index is 0.319. The van der Waals surface area contributed by atoms with Crippen LogP contribution in [-0.2, 0) is 0 Å². The van der Waals surface area contributed by atoms with Gasteiger partial charge in [0.25, 0.3) is 0 Å². The molecule has 1 aromatic heterocycles. The average Bonchev–Trinajstić information content (AvgIpc) is 3.11. The first-order valence-electron chi connectivity index (χ1n) is 7.61. The Labute approximate surface area is 124 Å². The van der Waals surface area contributed by atoms with Crippen molar-refractivity contribution in [2.24, 2.45) is 5.73 Å². The maximum Gasteiger partial charge on any atom is 0.117 e. The van der Waals surface area contributed by atoms with Gasteiger partial charge in [-0.15, -0.1) is 0 Å². The molecule has 2 N–H and O–H groups in total. The van der Waals surface area contributed by atoms with Gasteiger partial charge >= 0.3 is 0 Å². The fourth-order valence-electron chi connectivity index (χ4n) is 3.42. The number of benzene rings is 2. The van der Waals surface area contributed by atoms with Crippen molar-refractivity contribution >= 4 is 11.0 Å². The van der Waals surface area contributed by atoms with Crippen molar-refractivity contribution in [1.29, 1.82) is 0 Å². The third-order valence-electron chi connectivity index (χ3n) is 4.44. The molecule has 0 amide bonds. The maximum absolute atomic E-state index is 6.11. The summed E-state index contributed by atoms with van der Waals surface area (Å²) in [5, 5.41) is 0. The minimum atomic E-state index is 0.319. The molecule has 3 nitrogen and oxygen atoms in total. The molecule has 1 fully saturated rings. The van der Waals surface area contributed by atoms with Crippen molar-refractivity contribution in [3.63, 3.8) is 0 Å². The fraction of sp³-hybridized carbons (Fsp3) is 0.278. The number of aromatic nitrogens is 2. The van der Waals surface area contributed by atoms with Crippen molar-refractivity contribution in [3.05, 3.63) is 60.4 Å². The summed E-state index contributed by atoms with van der Waals surface area (Å²) in [5.74, 6) is 1.63. The van der Waals surface area contributed by atoms with E-state index < -0.39 is 0 Å². The highest BCUT2D eigenvalue weighted by Gasteiger charge is 2.28. The zero-order valence-corrected chi connectivity index (χ0v) is 11.9. The predicted octanol–water partition coefficient (Wildman–Crippen LogP) is 3.62. The Morgan fingerprint density at radius 3 is 2.48 bits per heavy atom. The molecule has 3 heteroatoms. The lowest BCUT2D eigenvalue weighted by Gasteiger charge is -2.14. The van der Waals surface area contributed by atoms with Crippen LogP contribution in [0.2, 0.25) is 0 Å². The second-order valence-corrected chi connectivity index (χ2v) is 5.90. The lowest BCUT2D eigenvalue weighted by atomic mass is 10.1. The first-order valence-corrected chi connectivity index (χ1v) is 7.61. The molecule has 1 aliphatic carbocycles. The summed E-state index contributed by atoms with van der Waals surface area (Å²) in [5.41, 5.74) is 9.54. The van der Waals surface area contributed by atoms with E-state index in [9.17, 15) is 0 Å². The van der Waals surface area contributed by atoms with E-state index in [1.54, 1.807) is 0 Å². The van der Waals surface area contributed by atoms with Gasteiger partial charge in [0.05, 0.1) is 11.0 Å². The summed E-state index contributed by atoms with van der Waals surface area (Å²) in [6.07, 6.45) is 3.27. The Balaban J connectivity index is 1.93. The third-order valence-corrected chi connectivity index (χ3v) is 4.44. The lowest BCUT2D eigenvalue weighted by molar-refractivity contribution is 0.637. The summed E-state index contributed by atoms with van der Waals surface area (Å²) in [6, 6.07) is 19.2. The van der Waals surface area contributed by atoms with Crippen molar-refractivity contribution in [2.75, 3.05) is 0 Å². The number of nitrogens with two attached hydrogens (primary N) is 1. The van der Waals surface area contributed by atoms with Crippen LogP contribution in [0.4, 0.5) is 0 Å². The van der Waals surface area contributed by atoms with Crippen molar-refractivity contribution < 1.29 is 0 Å². The number of rotatable bonds is 2. The van der Waals surface area contributed by atoms with Gasteiger partial charge in [-0.2, -0.15) is 0 Å². The molecular weight excluding hydrogens is 258 g/mol. The molecule has 3 aromatic rings. The molecule has 21 heavy (non-hydrogen) atoms. The van der Waals surface area contributed by atoms with Gasteiger partial charge in [0.15, 0.2) is 0 Å². The van der Waals surface area contributed by atoms with E-state index in [1.807, 2.05) is 6.07 Å². The molecule has 1 saturated carbocycles. The Hall–Kier alpha value is -2.13. The van der Waals surface area contributed by atoms with E-state index in [0.717, 1.165) is 30.6 Å². The van der Waals surface area contributed by atoms with Crippen LogP contribution in [0.3, 0.4) is 0 Å². The average molecular weight is 277 g/mol. The van der Waals surface area contributed by atoms with Crippen LogP contribution in [0.15, 0.2) is 54.6 Å². The standard InChI is InChI=1S/C18H19N3/c19-14-11-10-13(12-14)18-20-16-8-4-5-9-17(16)21(18)15-6-2-1-3-7-15/h1-9,13-14H,10-12,19H2. The molecule has 0 aliphatic heterocycles. The molecule has 1 aliphatic rings. The number of imidazole rings is 1. The molecule has 0 bridgehead atoms. The molecular formula is C18H19N3. The number of hydrogen-bond donors (Lipinski definition) is 1. The highest BCUT2D eigenvalue weighted by molar-refractivity contribution is 5.78. The highest BCUT2D eigenvalue weighted by Crippen LogP contribution is 2.36. The van der Waals surface area contributed by atoms with Crippen molar-refractivity contribution in [2.45, 2.75) is 31.2 Å². The van der Waals surface area contributed by atoms with E-state index in [2.05, 4.69) is 53.1 Å². The summed E-state index contributed by atoms with van der Waals surface area (Å²) < 4.78 is 2.30. The second-order valence-electron chi connectivity index (χ2n) is 5.90. The van der Waals surface area contributed by atoms with E-state index >= 15 is 0 Å². The predicted molar refractivity (Wildman–Crippen MR) is 85.6 cm³/mol. The first kappa shape index (κ1) is 12.6. The Bertz CT molecular complexity index is 760. The normalized spacial score (nSPS) is 22.0. The zero-order chi connectivity index (χ0) is 14.2. The van der Waals surface area contributed by atoms with Gasteiger partial charge in [-0.05, 0) is 43.5 Å². The van der Waals surface area contributed by atoms with Crippen LogP contribution in [0.5, 0.6) is 0 Å². The van der Waals surface area contributed by atoms with Crippen LogP contribution in [0.25, 0.3) is 16.7 Å². The van der Waals surface area contributed by atoms with Crippen molar-refractivity contribution in [3.8, 4) is 5.69 Å². The van der Waals surface area contributed by atoms with Crippen LogP contribution in [0, 0.1) is 0 Å². The third kappa shape index (κ3) is 2.14. The molecule has 106 valence electrons. The fourth-order valence-corrected chi connectivity index (χ4v) is 3.42. The van der Waals surface area contributed by atoms with Gasteiger partial charge < -0.3 is 5.73 Å². The van der Waals surface area contributed by atoms with Gasteiger partial charge in [0.1, 0.15) is 5.82 Å². The maximum atomic E-state index is 6.11. The quantitative estimate of drug-likeness (QED) is 0.777. The monoisotopic (exact) mass is 277 g/mol. The molecule has 0 saturated heterocycles. The van der Waals surface area contributed by atoms with E-state index in [-0.39, 0.29) is 0 Å². The summed E-state index contributed by atoms with van der Waals surface area (Å²) >= 11 is 0. The van der Waals surface area contributed by atoms with Gasteiger partial charge in [-0.3, -0.25) is 4.57 Å². The summed E-state index contributed by atoms with van der Waals surface area (Å²) in [4.78, 5) is 4.91. The Morgan fingerprint density at radius 1 is 0.952 bits per heavy atom. The number of hydrogen-bond acceptors (Lipinski definition) is 2. The van der Waals surface area contributed by atoms with Gasteiger partial charge in [-0.1, -0.05) is 30.3 Å². The Kier molecular flexibility index (Phi) is 3.00. The molecule has 2 unspecified atom stereocenters. The first-order chi connectivity index (χ1) is 10.3. The smallest absolute Gasteiger partial charge is 0.117 e. The van der Waals surface area contributed by atoms with Crippen LogP contribution < -0.4 is 5.73 Å². The van der Waals surface area contributed by atoms with Gasteiger partial charge in [-0.25, -0.2) is 4.98 Å².